The largest absolute Gasteiger partial charge is 0.481 e. The lowest BCUT2D eigenvalue weighted by atomic mass is 9.89. The molecule has 22 heavy (non-hydrogen) atoms. The average Bonchev–Trinajstić information content (AvgIpc) is 2.45. The van der Waals surface area contributed by atoms with Crippen molar-refractivity contribution in [2.24, 2.45) is 5.41 Å². The van der Waals surface area contributed by atoms with Gasteiger partial charge >= 0.3 is 5.97 Å². The molecule has 1 aromatic rings. The highest BCUT2D eigenvalue weighted by atomic mass is 16.6. The molecule has 1 amide bonds. The van der Waals surface area contributed by atoms with E-state index in [1.54, 1.807) is 26.8 Å². The van der Waals surface area contributed by atoms with Gasteiger partial charge in [0.25, 0.3) is 11.6 Å². The number of nitrogens with zero attached hydrogens (tertiary/aromatic N) is 1. The first kappa shape index (κ1) is 17.6. The Labute approximate surface area is 128 Å². The van der Waals surface area contributed by atoms with Crippen molar-refractivity contribution in [3.8, 4) is 0 Å². The summed E-state index contributed by atoms with van der Waals surface area (Å²) in [6, 6.07) is 4.34. The van der Waals surface area contributed by atoms with Gasteiger partial charge in [0.15, 0.2) is 0 Å². The normalized spacial score (nSPS) is 11.0. The van der Waals surface area contributed by atoms with Gasteiger partial charge in [0.1, 0.15) is 0 Å². The Morgan fingerprint density at radius 3 is 2.50 bits per heavy atom. The molecule has 1 rings (SSSR count). The van der Waals surface area contributed by atoms with E-state index >= 15 is 0 Å². The lowest BCUT2D eigenvalue weighted by Crippen LogP contribution is -2.32. The van der Waals surface area contributed by atoms with Gasteiger partial charge in [-0.05, 0) is 32.8 Å². The van der Waals surface area contributed by atoms with Gasteiger partial charge in [-0.1, -0.05) is 13.0 Å². The monoisotopic (exact) mass is 308 g/mol. The van der Waals surface area contributed by atoms with E-state index in [0.29, 0.717) is 12.0 Å². The summed E-state index contributed by atoms with van der Waals surface area (Å²) in [5, 5.41) is 22.6. The van der Waals surface area contributed by atoms with Gasteiger partial charge in [-0.15, -0.1) is 0 Å². The van der Waals surface area contributed by atoms with Crippen LogP contribution in [-0.2, 0) is 11.2 Å². The van der Waals surface area contributed by atoms with Crippen molar-refractivity contribution in [2.45, 2.75) is 33.6 Å². The summed E-state index contributed by atoms with van der Waals surface area (Å²) in [6.07, 6.45) is 0.772. The standard InChI is InChI=1S/C15H20N2O5/c1-4-10-5-6-11(9-12(10)17(21)22)13(18)16-8-7-15(2,3)14(19)20/h5-6,9H,4,7-8H2,1-3H3,(H,16,18)(H,19,20). The topological polar surface area (TPSA) is 110 Å². The molecule has 0 saturated carbocycles. The zero-order valence-electron chi connectivity index (χ0n) is 12.9. The van der Waals surface area contributed by atoms with Gasteiger partial charge in [0.2, 0.25) is 0 Å². The molecule has 0 bridgehead atoms. The van der Waals surface area contributed by atoms with E-state index in [1.807, 2.05) is 0 Å². The summed E-state index contributed by atoms with van der Waals surface area (Å²) in [6.45, 7) is 5.13. The van der Waals surface area contributed by atoms with Crippen molar-refractivity contribution >= 4 is 17.6 Å². The number of nitro benzene ring substituents is 1. The molecular weight excluding hydrogens is 288 g/mol. The Kier molecular flexibility index (Phi) is 5.62. The van der Waals surface area contributed by atoms with Crippen LogP contribution in [0.15, 0.2) is 18.2 Å². The van der Waals surface area contributed by atoms with Crippen molar-refractivity contribution in [3.63, 3.8) is 0 Å². The number of nitro groups is 1. The van der Waals surface area contributed by atoms with Crippen LogP contribution < -0.4 is 5.32 Å². The molecule has 1 aromatic carbocycles. The average molecular weight is 308 g/mol. The predicted molar refractivity (Wildman–Crippen MR) is 80.8 cm³/mol. The van der Waals surface area contributed by atoms with Gasteiger partial charge in [-0.2, -0.15) is 0 Å². The molecule has 0 atom stereocenters. The molecule has 0 unspecified atom stereocenters. The van der Waals surface area contributed by atoms with E-state index in [4.69, 9.17) is 5.11 Å². The molecule has 0 saturated heterocycles. The number of carbonyl (C=O) groups is 2. The number of amides is 1. The maximum absolute atomic E-state index is 12.0. The van der Waals surface area contributed by atoms with Crippen LogP contribution in [0.25, 0.3) is 0 Å². The smallest absolute Gasteiger partial charge is 0.309 e. The fourth-order valence-corrected chi connectivity index (χ4v) is 1.87. The van der Waals surface area contributed by atoms with E-state index < -0.39 is 22.2 Å². The second-order valence-electron chi connectivity index (χ2n) is 5.65. The highest BCUT2D eigenvalue weighted by Gasteiger charge is 2.26. The summed E-state index contributed by atoms with van der Waals surface area (Å²) >= 11 is 0. The van der Waals surface area contributed by atoms with Gasteiger partial charge in [0.05, 0.1) is 10.3 Å². The third-order valence-electron chi connectivity index (χ3n) is 3.54. The quantitative estimate of drug-likeness (QED) is 0.593. The van der Waals surface area contributed by atoms with Gasteiger partial charge < -0.3 is 10.4 Å². The number of carboxylic acid groups (broad SMARTS) is 1. The number of nitrogens with one attached hydrogen (secondary N) is 1. The molecule has 0 radical (unpaired) electrons. The van der Waals surface area contributed by atoms with E-state index in [2.05, 4.69) is 5.32 Å². The summed E-state index contributed by atoms with van der Waals surface area (Å²) in [5.41, 5.74) is -0.266. The third kappa shape index (κ3) is 4.28. The minimum absolute atomic E-state index is 0.0824. The highest BCUT2D eigenvalue weighted by Crippen LogP contribution is 2.22. The molecule has 0 aliphatic rings. The number of aliphatic carboxylic acids is 1. The Balaban J connectivity index is 2.76. The molecule has 0 heterocycles. The third-order valence-corrected chi connectivity index (χ3v) is 3.54. The maximum atomic E-state index is 12.0. The van der Waals surface area contributed by atoms with Gasteiger partial charge in [-0.3, -0.25) is 19.7 Å². The van der Waals surface area contributed by atoms with Crippen molar-refractivity contribution in [2.75, 3.05) is 6.54 Å². The first-order chi connectivity index (χ1) is 10.2. The molecular formula is C15H20N2O5. The number of hydrogen-bond donors (Lipinski definition) is 2. The lowest BCUT2D eigenvalue weighted by molar-refractivity contribution is -0.385. The summed E-state index contributed by atoms with van der Waals surface area (Å²) < 4.78 is 0. The first-order valence-electron chi connectivity index (χ1n) is 6.98. The minimum Gasteiger partial charge on any atom is -0.481 e. The number of benzene rings is 1. The van der Waals surface area contributed by atoms with Crippen LogP contribution in [0.4, 0.5) is 5.69 Å². The molecule has 0 aromatic heterocycles. The fourth-order valence-electron chi connectivity index (χ4n) is 1.87. The summed E-state index contributed by atoms with van der Waals surface area (Å²) in [7, 11) is 0. The van der Waals surface area contributed by atoms with Crippen LogP contribution >= 0.6 is 0 Å². The molecule has 0 aliphatic heterocycles. The van der Waals surface area contributed by atoms with E-state index in [-0.39, 0.29) is 24.2 Å². The van der Waals surface area contributed by atoms with Crippen LogP contribution in [-0.4, -0.2) is 28.5 Å². The zero-order chi connectivity index (χ0) is 16.9. The van der Waals surface area contributed by atoms with E-state index in [0.717, 1.165) is 0 Å². The second kappa shape index (κ2) is 7.02. The van der Waals surface area contributed by atoms with Crippen LogP contribution in [0.2, 0.25) is 0 Å². The van der Waals surface area contributed by atoms with Crippen molar-refractivity contribution in [3.05, 3.63) is 39.4 Å². The molecule has 120 valence electrons. The Morgan fingerprint density at radius 1 is 1.36 bits per heavy atom. The number of hydrogen-bond acceptors (Lipinski definition) is 4. The van der Waals surface area contributed by atoms with Crippen molar-refractivity contribution in [1.29, 1.82) is 0 Å². The maximum Gasteiger partial charge on any atom is 0.309 e. The van der Waals surface area contributed by atoms with Gasteiger partial charge in [-0.25, -0.2) is 0 Å². The Bertz CT molecular complexity index is 596. The van der Waals surface area contributed by atoms with Crippen molar-refractivity contribution < 1.29 is 19.6 Å². The lowest BCUT2D eigenvalue weighted by Gasteiger charge is -2.18. The van der Waals surface area contributed by atoms with Gasteiger partial charge in [0, 0.05) is 23.7 Å². The molecule has 7 heteroatoms. The number of carbonyl (C=O) groups excluding carboxylic acids is 1. The fraction of sp³-hybridized carbons (Fsp3) is 0.467. The Morgan fingerprint density at radius 2 is 2.00 bits per heavy atom. The first-order valence-corrected chi connectivity index (χ1v) is 6.98. The molecule has 0 aliphatic carbocycles. The van der Waals surface area contributed by atoms with Crippen LogP contribution in [0.5, 0.6) is 0 Å². The highest BCUT2D eigenvalue weighted by molar-refractivity contribution is 5.95. The van der Waals surface area contributed by atoms with Crippen molar-refractivity contribution in [1.82, 2.24) is 5.32 Å². The summed E-state index contributed by atoms with van der Waals surface area (Å²) in [5.74, 6) is -1.39. The van der Waals surface area contributed by atoms with Crippen LogP contribution in [0.1, 0.15) is 43.1 Å². The van der Waals surface area contributed by atoms with E-state index in [9.17, 15) is 19.7 Å². The predicted octanol–water partition coefficient (Wildman–Crippen LogP) is 2.39. The number of carboxylic acids is 1. The summed E-state index contributed by atoms with van der Waals surface area (Å²) in [4.78, 5) is 33.4. The number of aryl methyl sites for hydroxylation is 1. The molecule has 0 spiro atoms. The number of rotatable bonds is 7. The minimum atomic E-state index is -0.940. The SMILES string of the molecule is CCc1ccc(C(=O)NCCC(C)(C)C(=O)O)cc1[N+](=O)[O-]. The second-order valence-corrected chi connectivity index (χ2v) is 5.65. The zero-order valence-corrected chi connectivity index (χ0v) is 12.9. The van der Waals surface area contributed by atoms with E-state index in [1.165, 1.54) is 12.1 Å². The molecule has 0 fully saturated rings. The molecule has 2 N–H and O–H groups in total. The van der Waals surface area contributed by atoms with Crippen LogP contribution in [0, 0.1) is 15.5 Å². The molecule has 7 nitrogen and oxygen atoms in total. The van der Waals surface area contributed by atoms with Crippen LogP contribution in [0.3, 0.4) is 0 Å². The Hall–Kier alpha value is -2.44.